The Labute approximate surface area is 109 Å². The zero-order valence-corrected chi connectivity index (χ0v) is 11.8. The largest absolute Gasteiger partial charge is 0.484 e. The molecule has 0 aliphatic rings. The van der Waals surface area contributed by atoms with Crippen LogP contribution in [0.3, 0.4) is 0 Å². The van der Waals surface area contributed by atoms with Crippen molar-refractivity contribution in [2.24, 2.45) is 0 Å². The molecule has 18 heavy (non-hydrogen) atoms. The van der Waals surface area contributed by atoms with Crippen LogP contribution in [0.4, 0.5) is 0 Å². The monoisotopic (exact) mass is 269 g/mol. The van der Waals surface area contributed by atoms with Crippen LogP contribution >= 0.6 is 0 Å². The van der Waals surface area contributed by atoms with Gasteiger partial charge in [0.25, 0.3) is 0 Å². The van der Waals surface area contributed by atoms with Gasteiger partial charge in [0.15, 0.2) is 0 Å². The molecule has 100 valence electrons. The first-order chi connectivity index (χ1) is 8.30. The summed E-state index contributed by atoms with van der Waals surface area (Å²) in [5.74, 6) is 0.607. The van der Waals surface area contributed by atoms with Crippen LogP contribution in [0, 0.1) is 0 Å². The molecule has 4 nitrogen and oxygen atoms in total. The van der Waals surface area contributed by atoms with Gasteiger partial charge in [0.1, 0.15) is 11.4 Å². The van der Waals surface area contributed by atoms with Crippen LogP contribution in [0.2, 0.25) is 0 Å². The Kier molecular flexibility index (Phi) is 4.53. The van der Waals surface area contributed by atoms with E-state index in [1.165, 1.54) is 12.1 Å². The molecule has 0 aromatic heterocycles. The lowest BCUT2D eigenvalue weighted by Gasteiger charge is -2.22. The third kappa shape index (κ3) is 3.85. The molecule has 0 atom stereocenters. The molecule has 0 aliphatic carbocycles. The van der Waals surface area contributed by atoms with Gasteiger partial charge < -0.3 is 4.74 Å². The lowest BCUT2D eigenvalue weighted by Crippen LogP contribution is -2.25. The second-order valence-corrected chi connectivity index (χ2v) is 6.15. The van der Waals surface area contributed by atoms with Gasteiger partial charge in [0, 0.05) is 6.54 Å². The third-order valence-corrected chi connectivity index (χ3v) is 3.90. The minimum atomic E-state index is -3.40. The van der Waals surface area contributed by atoms with Gasteiger partial charge in [0.05, 0.1) is 4.90 Å². The molecule has 0 unspecified atom stereocenters. The second kappa shape index (κ2) is 5.54. The van der Waals surface area contributed by atoms with Crippen LogP contribution in [0.15, 0.2) is 41.8 Å². The minimum Gasteiger partial charge on any atom is -0.484 e. The molecule has 0 bridgehead atoms. The fourth-order valence-electron chi connectivity index (χ4n) is 1.31. The Hall–Kier alpha value is -1.33. The highest BCUT2D eigenvalue weighted by atomic mass is 32.2. The number of nitrogens with one attached hydrogen (secondary N) is 1. The summed E-state index contributed by atoms with van der Waals surface area (Å²) in [7, 11) is -3.40. The molecule has 0 aliphatic heterocycles. The van der Waals surface area contributed by atoms with Gasteiger partial charge in [-0.2, -0.15) is 0 Å². The summed E-state index contributed by atoms with van der Waals surface area (Å²) >= 11 is 0. The number of ether oxygens (including phenoxy) is 1. The average molecular weight is 269 g/mol. The molecule has 0 saturated carbocycles. The van der Waals surface area contributed by atoms with E-state index in [0.29, 0.717) is 12.3 Å². The molecule has 1 aromatic rings. The molecule has 0 spiro atoms. The van der Waals surface area contributed by atoms with Crippen LogP contribution in [0.25, 0.3) is 0 Å². The molecule has 0 heterocycles. The van der Waals surface area contributed by atoms with Crippen LogP contribution in [-0.4, -0.2) is 20.6 Å². The maximum atomic E-state index is 11.7. The van der Waals surface area contributed by atoms with Crippen molar-refractivity contribution in [3.63, 3.8) is 0 Å². The van der Waals surface area contributed by atoms with E-state index in [0.717, 1.165) is 0 Å². The normalized spacial score (nSPS) is 12.2. The van der Waals surface area contributed by atoms with Crippen molar-refractivity contribution in [2.75, 3.05) is 6.54 Å². The Bertz CT molecular complexity index is 504. The zero-order valence-electron chi connectivity index (χ0n) is 10.9. The first-order valence-corrected chi connectivity index (χ1v) is 7.21. The zero-order chi connectivity index (χ0) is 13.8. The van der Waals surface area contributed by atoms with Gasteiger partial charge in [-0.3, -0.25) is 0 Å². The number of benzene rings is 1. The van der Waals surface area contributed by atoms with E-state index in [4.69, 9.17) is 4.74 Å². The van der Waals surface area contributed by atoms with Crippen molar-refractivity contribution < 1.29 is 13.2 Å². The van der Waals surface area contributed by atoms with E-state index in [1.54, 1.807) is 25.1 Å². The van der Waals surface area contributed by atoms with Crippen molar-refractivity contribution in [3.05, 3.63) is 36.9 Å². The molecule has 5 heteroatoms. The van der Waals surface area contributed by atoms with Crippen LogP contribution in [-0.2, 0) is 10.0 Å². The predicted molar refractivity (Wildman–Crippen MR) is 72.2 cm³/mol. The van der Waals surface area contributed by atoms with Gasteiger partial charge in [-0.25, -0.2) is 13.1 Å². The molecule has 1 aromatic carbocycles. The van der Waals surface area contributed by atoms with Crippen molar-refractivity contribution >= 4 is 10.0 Å². The summed E-state index contributed by atoms with van der Waals surface area (Å²) in [6, 6.07) is 6.31. The number of rotatable bonds is 6. The van der Waals surface area contributed by atoms with Crippen molar-refractivity contribution in [2.45, 2.75) is 31.3 Å². The minimum absolute atomic E-state index is 0.230. The highest BCUT2D eigenvalue weighted by Gasteiger charge is 2.16. The number of sulfonamides is 1. The summed E-state index contributed by atoms with van der Waals surface area (Å²) in [4.78, 5) is 0.230. The molecular weight excluding hydrogens is 250 g/mol. The first kappa shape index (κ1) is 14.7. The fraction of sp³-hybridized carbons (Fsp3) is 0.385. The Morgan fingerprint density at radius 3 is 2.33 bits per heavy atom. The highest BCUT2D eigenvalue weighted by Crippen LogP contribution is 2.21. The van der Waals surface area contributed by atoms with E-state index >= 15 is 0 Å². The van der Waals surface area contributed by atoms with E-state index in [2.05, 4.69) is 11.3 Å². The quantitative estimate of drug-likeness (QED) is 0.806. The summed E-state index contributed by atoms with van der Waals surface area (Å²) < 4.78 is 31.5. The van der Waals surface area contributed by atoms with Crippen molar-refractivity contribution in [1.82, 2.24) is 4.72 Å². The maximum absolute atomic E-state index is 11.7. The first-order valence-electron chi connectivity index (χ1n) is 5.73. The van der Waals surface area contributed by atoms with Gasteiger partial charge in [-0.15, -0.1) is 0 Å². The van der Waals surface area contributed by atoms with E-state index in [1.807, 2.05) is 13.8 Å². The molecule has 0 radical (unpaired) electrons. The molecule has 0 amide bonds. The van der Waals surface area contributed by atoms with E-state index in [9.17, 15) is 8.42 Å². The Morgan fingerprint density at radius 1 is 1.33 bits per heavy atom. The summed E-state index contributed by atoms with van der Waals surface area (Å²) in [5, 5.41) is 0. The average Bonchev–Trinajstić information content (AvgIpc) is 2.29. The summed E-state index contributed by atoms with van der Waals surface area (Å²) in [5.41, 5.74) is -0.484. The van der Waals surface area contributed by atoms with Gasteiger partial charge in [0.2, 0.25) is 10.0 Å². The molecule has 1 rings (SSSR count). The molecule has 0 fully saturated rings. The lowest BCUT2D eigenvalue weighted by atomic mass is 10.1. The smallest absolute Gasteiger partial charge is 0.240 e. The lowest BCUT2D eigenvalue weighted by molar-refractivity contribution is 0.162. The topological polar surface area (TPSA) is 55.4 Å². The fourth-order valence-corrected chi connectivity index (χ4v) is 2.35. The second-order valence-electron chi connectivity index (χ2n) is 4.38. The summed E-state index contributed by atoms with van der Waals surface area (Å²) in [6.45, 7) is 9.54. The van der Waals surface area contributed by atoms with Crippen LogP contribution in [0.5, 0.6) is 5.75 Å². The van der Waals surface area contributed by atoms with Crippen LogP contribution < -0.4 is 9.46 Å². The molecule has 1 N–H and O–H groups in total. The van der Waals surface area contributed by atoms with Crippen molar-refractivity contribution in [1.29, 1.82) is 0 Å². The summed E-state index contributed by atoms with van der Waals surface area (Å²) in [6.07, 6.45) is 1.69. The predicted octanol–water partition coefficient (Wildman–Crippen LogP) is 2.33. The maximum Gasteiger partial charge on any atom is 0.240 e. The number of hydrogen-bond donors (Lipinski definition) is 1. The Balaban J connectivity index is 2.90. The highest BCUT2D eigenvalue weighted by molar-refractivity contribution is 7.89. The van der Waals surface area contributed by atoms with Crippen molar-refractivity contribution in [3.8, 4) is 5.75 Å². The van der Waals surface area contributed by atoms with Gasteiger partial charge in [-0.05, 0) is 44.2 Å². The SMILES string of the molecule is C=CC(C)(C)Oc1ccc(S(=O)(=O)NCC)cc1. The van der Waals surface area contributed by atoms with Gasteiger partial charge in [-0.1, -0.05) is 13.5 Å². The van der Waals surface area contributed by atoms with E-state index in [-0.39, 0.29) is 4.90 Å². The van der Waals surface area contributed by atoms with Crippen LogP contribution in [0.1, 0.15) is 20.8 Å². The van der Waals surface area contributed by atoms with E-state index < -0.39 is 15.6 Å². The molecular formula is C13H19NO3S. The van der Waals surface area contributed by atoms with Gasteiger partial charge >= 0.3 is 0 Å². The Morgan fingerprint density at radius 2 is 1.89 bits per heavy atom. The number of hydrogen-bond acceptors (Lipinski definition) is 3. The molecule has 0 saturated heterocycles. The third-order valence-electron chi connectivity index (χ3n) is 2.34. The standard InChI is InChI=1S/C13H19NO3S/c1-5-13(3,4)17-11-7-9-12(10-8-11)18(15,16)14-6-2/h5,7-10,14H,1,6H2,2-4H3.